The molecular weight excluding hydrogens is 152 g/mol. The fourth-order valence-corrected chi connectivity index (χ4v) is 1.69. The van der Waals surface area contributed by atoms with Crippen molar-refractivity contribution >= 4 is 5.78 Å². The first-order valence-corrected chi connectivity index (χ1v) is 4.90. The largest absolute Gasteiger partial charge is 0.378 e. The lowest BCUT2D eigenvalue weighted by Gasteiger charge is -2.11. The summed E-state index contributed by atoms with van der Waals surface area (Å²) in [5.41, 5.74) is 0. The summed E-state index contributed by atoms with van der Waals surface area (Å²) in [6, 6.07) is 0. The highest BCUT2D eigenvalue weighted by atomic mass is 16.5. The van der Waals surface area contributed by atoms with Crippen molar-refractivity contribution in [2.75, 3.05) is 6.61 Å². The van der Waals surface area contributed by atoms with Crippen molar-refractivity contribution in [3.8, 4) is 0 Å². The normalized spacial score (nSPS) is 29.2. The molecule has 0 aromatic heterocycles. The van der Waals surface area contributed by atoms with E-state index < -0.39 is 0 Å². The van der Waals surface area contributed by atoms with Crippen molar-refractivity contribution in [3.63, 3.8) is 0 Å². The van der Waals surface area contributed by atoms with E-state index in [1.807, 2.05) is 6.92 Å². The van der Waals surface area contributed by atoms with E-state index in [0.717, 1.165) is 32.3 Å². The van der Waals surface area contributed by atoms with E-state index in [1.165, 1.54) is 0 Å². The summed E-state index contributed by atoms with van der Waals surface area (Å²) >= 11 is 0. The van der Waals surface area contributed by atoms with Crippen molar-refractivity contribution in [3.05, 3.63) is 0 Å². The third kappa shape index (κ3) is 2.31. The van der Waals surface area contributed by atoms with Gasteiger partial charge >= 0.3 is 0 Å². The summed E-state index contributed by atoms with van der Waals surface area (Å²) in [5, 5.41) is 0. The second-order valence-electron chi connectivity index (χ2n) is 3.54. The summed E-state index contributed by atoms with van der Waals surface area (Å²) in [6.45, 7) is 4.88. The van der Waals surface area contributed by atoms with Crippen LogP contribution in [0.4, 0.5) is 0 Å². The smallest absolute Gasteiger partial charge is 0.138 e. The zero-order valence-corrected chi connectivity index (χ0v) is 8.01. The third-order valence-corrected chi connectivity index (χ3v) is 2.57. The second kappa shape index (κ2) is 4.61. The molecule has 12 heavy (non-hydrogen) atoms. The molecule has 1 saturated heterocycles. The van der Waals surface area contributed by atoms with Crippen LogP contribution in [0.3, 0.4) is 0 Å². The lowest BCUT2D eigenvalue weighted by atomic mass is 9.94. The number of ketones is 1. The quantitative estimate of drug-likeness (QED) is 0.646. The molecule has 0 aliphatic carbocycles. The van der Waals surface area contributed by atoms with Crippen LogP contribution in [-0.2, 0) is 9.53 Å². The molecule has 1 heterocycles. The summed E-state index contributed by atoms with van der Waals surface area (Å²) in [7, 11) is 0. The molecule has 0 N–H and O–H groups in total. The highest BCUT2D eigenvalue weighted by Crippen LogP contribution is 2.23. The summed E-state index contributed by atoms with van der Waals surface area (Å²) < 4.78 is 5.35. The fraction of sp³-hybridized carbons (Fsp3) is 0.900. The van der Waals surface area contributed by atoms with E-state index >= 15 is 0 Å². The molecule has 1 fully saturated rings. The lowest BCUT2D eigenvalue weighted by molar-refractivity contribution is -0.124. The van der Waals surface area contributed by atoms with Crippen LogP contribution in [0.25, 0.3) is 0 Å². The average molecular weight is 170 g/mol. The lowest BCUT2D eigenvalue weighted by Crippen LogP contribution is -2.21. The van der Waals surface area contributed by atoms with Crippen molar-refractivity contribution in [2.45, 2.75) is 45.6 Å². The standard InChI is InChI=1S/C10H18O2/c1-3-4-5-10(11)9-6-7-12-8(9)2/h8-9H,3-7H2,1-2H3. The van der Waals surface area contributed by atoms with Gasteiger partial charge in [-0.2, -0.15) is 0 Å². The molecule has 1 aliphatic rings. The van der Waals surface area contributed by atoms with Crippen LogP contribution in [0.15, 0.2) is 0 Å². The number of Topliss-reactive ketones (excluding diaryl/α,β-unsaturated/α-hetero) is 1. The zero-order valence-electron chi connectivity index (χ0n) is 8.01. The van der Waals surface area contributed by atoms with Gasteiger partial charge in [-0.1, -0.05) is 13.3 Å². The van der Waals surface area contributed by atoms with Gasteiger partial charge in [0.05, 0.1) is 6.10 Å². The number of hydrogen-bond acceptors (Lipinski definition) is 2. The van der Waals surface area contributed by atoms with Gasteiger partial charge in [-0.25, -0.2) is 0 Å². The van der Waals surface area contributed by atoms with E-state index in [1.54, 1.807) is 0 Å². The Hall–Kier alpha value is -0.370. The van der Waals surface area contributed by atoms with Crippen molar-refractivity contribution < 1.29 is 9.53 Å². The van der Waals surface area contributed by atoms with Crippen LogP contribution in [0.2, 0.25) is 0 Å². The second-order valence-corrected chi connectivity index (χ2v) is 3.54. The van der Waals surface area contributed by atoms with Gasteiger partial charge in [0.25, 0.3) is 0 Å². The molecule has 0 aromatic rings. The first kappa shape index (κ1) is 9.72. The van der Waals surface area contributed by atoms with Gasteiger partial charge in [-0.05, 0) is 19.8 Å². The SMILES string of the molecule is CCCCC(=O)C1CCOC1C. The predicted molar refractivity (Wildman–Crippen MR) is 48.1 cm³/mol. The maximum atomic E-state index is 11.5. The van der Waals surface area contributed by atoms with E-state index in [4.69, 9.17) is 4.74 Å². The molecule has 1 aliphatic heterocycles. The maximum absolute atomic E-state index is 11.5. The minimum Gasteiger partial charge on any atom is -0.378 e. The molecule has 0 radical (unpaired) electrons. The average Bonchev–Trinajstić information content (AvgIpc) is 2.47. The van der Waals surface area contributed by atoms with Gasteiger partial charge in [0.1, 0.15) is 5.78 Å². The van der Waals surface area contributed by atoms with Gasteiger partial charge in [-0.15, -0.1) is 0 Å². The molecular formula is C10H18O2. The molecule has 2 nitrogen and oxygen atoms in total. The molecule has 2 atom stereocenters. The number of carbonyl (C=O) groups excluding carboxylic acids is 1. The van der Waals surface area contributed by atoms with Crippen LogP contribution in [0, 0.1) is 5.92 Å². The van der Waals surface area contributed by atoms with E-state index in [0.29, 0.717) is 5.78 Å². The van der Waals surface area contributed by atoms with Crippen LogP contribution >= 0.6 is 0 Å². The van der Waals surface area contributed by atoms with E-state index in [9.17, 15) is 4.79 Å². The first-order valence-electron chi connectivity index (χ1n) is 4.90. The number of rotatable bonds is 4. The Morgan fingerprint density at radius 1 is 1.58 bits per heavy atom. The van der Waals surface area contributed by atoms with Crippen LogP contribution in [0.1, 0.15) is 39.5 Å². The highest BCUT2D eigenvalue weighted by molar-refractivity contribution is 5.81. The number of hydrogen-bond donors (Lipinski definition) is 0. The Labute approximate surface area is 74.3 Å². The molecule has 0 amide bonds. The number of ether oxygens (including phenoxy) is 1. The van der Waals surface area contributed by atoms with Gasteiger partial charge in [0.15, 0.2) is 0 Å². The maximum Gasteiger partial charge on any atom is 0.138 e. The van der Waals surface area contributed by atoms with Gasteiger partial charge in [0.2, 0.25) is 0 Å². The van der Waals surface area contributed by atoms with E-state index in [-0.39, 0.29) is 12.0 Å². The number of carbonyl (C=O) groups is 1. The Morgan fingerprint density at radius 3 is 2.83 bits per heavy atom. The Morgan fingerprint density at radius 2 is 2.33 bits per heavy atom. The topological polar surface area (TPSA) is 26.3 Å². The Bertz CT molecular complexity index is 154. The first-order chi connectivity index (χ1) is 5.75. The minimum atomic E-state index is 0.161. The Kier molecular flexibility index (Phi) is 3.73. The van der Waals surface area contributed by atoms with Crippen LogP contribution < -0.4 is 0 Å². The van der Waals surface area contributed by atoms with Gasteiger partial charge in [-0.3, -0.25) is 4.79 Å². The predicted octanol–water partition coefficient (Wildman–Crippen LogP) is 2.17. The van der Waals surface area contributed by atoms with Crippen molar-refractivity contribution in [1.82, 2.24) is 0 Å². The molecule has 0 spiro atoms. The van der Waals surface area contributed by atoms with Crippen molar-refractivity contribution in [2.24, 2.45) is 5.92 Å². The molecule has 0 aromatic carbocycles. The molecule has 2 unspecified atom stereocenters. The van der Waals surface area contributed by atoms with Gasteiger partial charge < -0.3 is 4.74 Å². The minimum absolute atomic E-state index is 0.161. The van der Waals surface area contributed by atoms with Crippen molar-refractivity contribution in [1.29, 1.82) is 0 Å². The zero-order chi connectivity index (χ0) is 8.97. The summed E-state index contributed by atoms with van der Waals surface area (Å²) in [4.78, 5) is 11.5. The highest BCUT2D eigenvalue weighted by Gasteiger charge is 2.29. The van der Waals surface area contributed by atoms with E-state index in [2.05, 4.69) is 6.92 Å². The van der Waals surface area contributed by atoms with Crippen LogP contribution in [0.5, 0.6) is 0 Å². The molecule has 2 heteroatoms. The summed E-state index contributed by atoms with van der Waals surface area (Å²) in [5.74, 6) is 0.596. The van der Waals surface area contributed by atoms with Gasteiger partial charge in [0, 0.05) is 18.9 Å². The van der Waals surface area contributed by atoms with Crippen LogP contribution in [-0.4, -0.2) is 18.5 Å². The fourth-order valence-electron chi connectivity index (χ4n) is 1.69. The monoisotopic (exact) mass is 170 g/mol. The molecule has 0 saturated carbocycles. The summed E-state index contributed by atoms with van der Waals surface area (Å²) in [6.07, 6.45) is 3.98. The third-order valence-electron chi connectivity index (χ3n) is 2.57. The molecule has 70 valence electrons. The molecule has 1 rings (SSSR count). The molecule has 0 bridgehead atoms. The number of unbranched alkanes of at least 4 members (excludes halogenated alkanes) is 1. The Balaban J connectivity index is 2.30.